The first kappa shape index (κ1) is 28.1. The number of pyridine rings is 1. The number of aromatic carboxylic acids is 1. The van der Waals surface area contributed by atoms with E-state index in [4.69, 9.17) is 18.9 Å². The molecule has 1 aromatic carbocycles. The van der Waals surface area contributed by atoms with Crippen molar-refractivity contribution >= 4 is 29.0 Å². The van der Waals surface area contributed by atoms with Crippen LogP contribution in [-0.2, 0) is 14.2 Å². The number of amides is 2. The molecule has 2 amide bonds. The Kier molecular flexibility index (Phi) is 7.54. The summed E-state index contributed by atoms with van der Waals surface area (Å²) in [4.78, 5) is 41.7. The molecule has 0 bridgehead atoms. The molecule has 5 atom stereocenters. The summed E-state index contributed by atoms with van der Waals surface area (Å²) < 4.78 is 26.8. The predicted molar refractivity (Wildman–Crippen MR) is 154 cm³/mol. The number of carboxylic acid groups (broad SMARTS) is 1. The van der Waals surface area contributed by atoms with E-state index < -0.39 is 36.8 Å². The quantitative estimate of drug-likeness (QED) is 0.269. The maximum atomic E-state index is 12.7. The summed E-state index contributed by atoms with van der Waals surface area (Å²) in [5, 5.41) is 15.4. The van der Waals surface area contributed by atoms with Crippen LogP contribution in [0.2, 0.25) is 0 Å². The van der Waals surface area contributed by atoms with Gasteiger partial charge in [0.15, 0.2) is 29.5 Å². The third-order valence-electron chi connectivity index (χ3n) is 8.14. The number of carbonyl (C=O) groups is 2. The predicted octanol–water partition coefficient (Wildman–Crippen LogP) is 3.75. The third-order valence-corrected chi connectivity index (χ3v) is 8.14. The molecule has 1 aliphatic carbocycles. The topological polar surface area (TPSA) is 172 Å². The van der Waals surface area contributed by atoms with Crippen LogP contribution in [0.15, 0.2) is 55.2 Å². The zero-order chi connectivity index (χ0) is 30.2. The number of aryl methyl sites for hydroxylation is 1. The van der Waals surface area contributed by atoms with Gasteiger partial charge >= 0.3 is 12.0 Å². The number of anilines is 1. The Hall–Kier alpha value is -4.66. The Morgan fingerprint density at radius 1 is 1.02 bits per heavy atom. The zero-order valence-electron chi connectivity index (χ0n) is 23.8. The number of benzene rings is 1. The van der Waals surface area contributed by atoms with E-state index in [1.807, 2.05) is 31.2 Å². The number of carboxylic acids is 1. The van der Waals surface area contributed by atoms with Gasteiger partial charge in [0.2, 0.25) is 5.88 Å². The molecule has 0 spiro atoms. The number of hydrogen-bond donors (Lipinski definition) is 3. The van der Waals surface area contributed by atoms with Crippen LogP contribution in [0.4, 0.5) is 10.6 Å². The fraction of sp³-hybridized carbons (Fsp3) is 0.400. The maximum absolute atomic E-state index is 12.7. The molecule has 2 aliphatic heterocycles. The van der Waals surface area contributed by atoms with E-state index in [0.29, 0.717) is 11.2 Å². The van der Waals surface area contributed by atoms with E-state index in [1.165, 1.54) is 24.7 Å². The highest BCUT2D eigenvalue weighted by Gasteiger charge is 2.54. The van der Waals surface area contributed by atoms with Crippen LogP contribution < -0.4 is 15.4 Å². The lowest BCUT2D eigenvalue weighted by molar-refractivity contribution is -0.152. The summed E-state index contributed by atoms with van der Waals surface area (Å²) >= 11 is 0. The highest BCUT2D eigenvalue weighted by atomic mass is 16.8. The first-order valence-electron chi connectivity index (χ1n) is 14.5. The number of ether oxygens (including phenoxy) is 4. The molecule has 3 aromatic heterocycles. The second kappa shape index (κ2) is 11.8. The van der Waals surface area contributed by atoms with Gasteiger partial charge in [-0.15, -0.1) is 0 Å². The van der Waals surface area contributed by atoms with Gasteiger partial charge < -0.3 is 29.4 Å². The summed E-state index contributed by atoms with van der Waals surface area (Å²) in [5.74, 6) is -0.900. The van der Waals surface area contributed by atoms with Crippen molar-refractivity contribution in [2.75, 3.05) is 11.9 Å². The Morgan fingerprint density at radius 2 is 1.82 bits per heavy atom. The fourth-order valence-corrected chi connectivity index (χ4v) is 5.93. The minimum absolute atomic E-state index is 0.0231. The number of nitrogens with one attached hydrogen (secondary N) is 2. The highest BCUT2D eigenvalue weighted by molar-refractivity contribution is 5.96. The zero-order valence-corrected chi connectivity index (χ0v) is 23.8. The molecular formula is C30H31N7O7. The minimum atomic E-state index is -1.15. The van der Waals surface area contributed by atoms with Crippen LogP contribution in [0.5, 0.6) is 5.88 Å². The fourth-order valence-electron chi connectivity index (χ4n) is 5.93. The Bertz CT molecular complexity index is 1670. The lowest BCUT2D eigenvalue weighted by Crippen LogP contribution is -2.36. The molecule has 5 unspecified atom stereocenters. The van der Waals surface area contributed by atoms with Crippen molar-refractivity contribution in [1.82, 2.24) is 29.8 Å². The lowest BCUT2D eigenvalue weighted by atomic mass is 10.1. The van der Waals surface area contributed by atoms with Crippen LogP contribution in [0, 0.1) is 6.92 Å². The van der Waals surface area contributed by atoms with Crippen molar-refractivity contribution in [2.45, 2.75) is 69.5 Å². The summed E-state index contributed by atoms with van der Waals surface area (Å²) in [7, 11) is 0. The van der Waals surface area contributed by atoms with Gasteiger partial charge in [-0.2, -0.15) is 0 Å². The molecule has 4 aromatic rings. The SMILES string of the molecule is Cc1ccc(C2OC3C(COc4ncccc4C(=O)O)OC(n4cnc5c(NC(=O)NC6CCCC6)ncnc54)C3O2)cc1. The average Bonchev–Trinajstić information content (AvgIpc) is 3.82. The van der Waals surface area contributed by atoms with Crippen LogP contribution in [0.1, 0.15) is 59.7 Å². The molecule has 3 aliphatic rings. The van der Waals surface area contributed by atoms with Gasteiger partial charge in [0, 0.05) is 17.8 Å². The first-order chi connectivity index (χ1) is 21.4. The number of rotatable bonds is 8. The van der Waals surface area contributed by atoms with Gasteiger partial charge in [-0.3, -0.25) is 9.88 Å². The number of carbonyl (C=O) groups excluding carboxylic acids is 1. The maximum Gasteiger partial charge on any atom is 0.341 e. The van der Waals surface area contributed by atoms with E-state index in [1.54, 1.807) is 10.9 Å². The van der Waals surface area contributed by atoms with Crippen molar-refractivity contribution in [3.05, 3.63) is 71.9 Å². The molecule has 2 saturated heterocycles. The molecule has 7 rings (SSSR count). The Balaban J connectivity index is 1.15. The summed E-state index contributed by atoms with van der Waals surface area (Å²) in [6, 6.07) is 10.6. The molecule has 3 N–H and O–H groups in total. The molecule has 14 nitrogen and oxygen atoms in total. The second-order valence-electron chi connectivity index (χ2n) is 11.1. The molecule has 14 heteroatoms. The van der Waals surface area contributed by atoms with Crippen LogP contribution >= 0.6 is 0 Å². The van der Waals surface area contributed by atoms with E-state index in [-0.39, 0.29) is 35.9 Å². The average molecular weight is 602 g/mol. The van der Waals surface area contributed by atoms with Crippen LogP contribution in [0.25, 0.3) is 11.2 Å². The lowest BCUT2D eigenvalue weighted by Gasteiger charge is -2.21. The van der Waals surface area contributed by atoms with Gasteiger partial charge in [0.25, 0.3) is 0 Å². The third kappa shape index (κ3) is 5.42. The van der Waals surface area contributed by atoms with Gasteiger partial charge in [-0.1, -0.05) is 42.7 Å². The van der Waals surface area contributed by atoms with E-state index in [2.05, 4.69) is 30.6 Å². The monoisotopic (exact) mass is 601 g/mol. The van der Waals surface area contributed by atoms with E-state index >= 15 is 0 Å². The minimum Gasteiger partial charge on any atom is -0.477 e. The highest BCUT2D eigenvalue weighted by Crippen LogP contribution is 2.45. The van der Waals surface area contributed by atoms with Crippen molar-refractivity contribution in [3.8, 4) is 5.88 Å². The normalized spacial score (nSPS) is 24.8. The molecule has 44 heavy (non-hydrogen) atoms. The largest absolute Gasteiger partial charge is 0.477 e. The molecule has 1 saturated carbocycles. The van der Waals surface area contributed by atoms with Gasteiger partial charge in [0.05, 0.1) is 6.33 Å². The Morgan fingerprint density at radius 3 is 2.61 bits per heavy atom. The first-order valence-corrected chi connectivity index (χ1v) is 14.5. The van der Waals surface area contributed by atoms with E-state index in [9.17, 15) is 14.7 Å². The second-order valence-corrected chi connectivity index (χ2v) is 11.1. The number of nitrogens with zero attached hydrogens (tertiary/aromatic N) is 5. The molecule has 5 heterocycles. The molecule has 0 radical (unpaired) electrons. The molecule has 3 fully saturated rings. The van der Waals surface area contributed by atoms with Gasteiger partial charge in [-0.25, -0.2) is 29.5 Å². The number of hydrogen-bond acceptors (Lipinski definition) is 10. The Labute approximate surface area is 251 Å². The van der Waals surface area contributed by atoms with Crippen molar-refractivity contribution in [2.24, 2.45) is 0 Å². The van der Waals surface area contributed by atoms with Crippen LogP contribution in [-0.4, -0.2) is 72.6 Å². The van der Waals surface area contributed by atoms with Crippen LogP contribution in [0.3, 0.4) is 0 Å². The summed E-state index contributed by atoms with van der Waals surface area (Å²) in [6.07, 6.45) is 5.28. The summed E-state index contributed by atoms with van der Waals surface area (Å²) in [5.41, 5.74) is 2.71. The van der Waals surface area contributed by atoms with Gasteiger partial charge in [-0.05, 0) is 31.9 Å². The van der Waals surface area contributed by atoms with Gasteiger partial charge in [0.1, 0.15) is 36.8 Å². The number of fused-ring (bicyclic) bond motifs is 2. The van der Waals surface area contributed by atoms with E-state index in [0.717, 1.165) is 36.8 Å². The smallest absolute Gasteiger partial charge is 0.341 e. The number of imidazole rings is 1. The molecule has 228 valence electrons. The standard InChI is InChI=1S/C30H31N7O7/c1-16-8-10-17(11-9-16)29-43-22-20(13-41-26-19(28(38)39)7-4-12-31-26)42-27(23(22)44-29)37-15-34-21-24(32-14-33-25(21)37)36-30(40)35-18-5-2-3-6-18/h4,7-12,14-15,18,20,22-23,27,29H,2-3,5-6,13H2,1H3,(H,38,39)(H2,32,33,35,36,40). The molecular weight excluding hydrogens is 570 g/mol. The van der Waals surface area contributed by atoms with Crippen molar-refractivity contribution in [1.29, 1.82) is 0 Å². The van der Waals surface area contributed by atoms with Crippen molar-refractivity contribution < 1.29 is 33.6 Å². The summed E-state index contributed by atoms with van der Waals surface area (Å²) in [6.45, 7) is 1.96. The number of aromatic nitrogens is 5. The van der Waals surface area contributed by atoms with Crippen molar-refractivity contribution in [3.63, 3.8) is 0 Å². The number of urea groups is 1.